The molecule has 3 aromatic rings. The molecule has 2 aromatic carbocycles. The third kappa shape index (κ3) is 4.85. The maximum Gasteiger partial charge on any atom is 0.343 e. The molecule has 1 heterocycles. The van der Waals surface area contributed by atoms with Crippen molar-refractivity contribution < 1.29 is 9.72 Å². The van der Waals surface area contributed by atoms with Gasteiger partial charge in [0.2, 0.25) is 0 Å². The van der Waals surface area contributed by atoms with Gasteiger partial charge in [0, 0.05) is 28.2 Å². The van der Waals surface area contributed by atoms with Gasteiger partial charge in [0.1, 0.15) is 18.5 Å². The minimum absolute atomic E-state index is 0.0613. The van der Waals surface area contributed by atoms with E-state index in [2.05, 4.69) is 31.4 Å². The molecule has 9 nitrogen and oxygen atoms in total. The van der Waals surface area contributed by atoms with Gasteiger partial charge in [-0.15, -0.1) is 0 Å². The number of nitrogen functional groups attached to an aromatic ring is 1. The lowest BCUT2D eigenvalue weighted by atomic mass is 10.1. The number of carbonyl (C=O) groups excluding carboxylic acids is 1. The highest BCUT2D eigenvalue weighted by molar-refractivity contribution is 9.10. The summed E-state index contributed by atoms with van der Waals surface area (Å²) in [5.74, 6) is -0.111. The molecule has 0 aliphatic rings. The van der Waals surface area contributed by atoms with Crippen LogP contribution in [-0.2, 0) is 6.54 Å². The fourth-order valence-corrected chi connectivity index (χ4v) is 2.86. The first kappa shape index (κ1) is 20.2. The minimum Gasteiger partial charge on any atom is -0.399 e. The third-order valence-corrected chi connectivity index (χ3v) is 4.70. The highest BCUT2D eigenvalue weighted by Crippen LogP contribution is 2.17. The molecule has 1 amide bonds. The molecule has 148 valence electrons. The molecule has 0 aliphatic heterocycles. The highest BCUT2D eigenvalue weighted by Gasteiger charge is 2.20. The van der Waals surface area contributed by atoms with Crippen LogP contribution in [0.25, 0.3) is 0 Å². The zero-order chi connectivity index (χ0) is 21.0. The molecule has 0 atom stereocenters. The number of nitrogens with two attached hydrogens (primary N) is 1. The van der Waals surface area contributed by atoms with E-state index in [-0.39, 0.29) is 12.4 Å². The van der Waals surface area contributed by atoms with Gasteiger partial charge in [0.25, 0.3) is 5.91 Å². The smallest absolute Gasteiger partial charge is 0.343 e. The van der Waals surface area contributed by atoms with Gasteiger partial charge in [0.05, 0.1) is 0 Å². The van der Waals surface area contributed by atoms with Crippen molar-refractivity contribution in [1.29, 1.82) is 0 Å². The first-order valence-electron chi connectivity index (χ1n) is 8.50. The predicted molar refractivity (Wildman–Crippen MR) is 113 cm³/mol. The number of hydrogen-bond donors (Lipinski definition) is 2. The average Bonchev–Trinajstić information content (AvgIpc) is 3.06. The molecule has 0 bridgehead atoms. The molecular weight excluding hydrogens is 440 g/mol. The van der Waals surface area contributed by atoms with E-state index in [1.54, 1.807) is 43.3 Å². The van der Waals surface area contributed by atoms with E-state index >= 15 is 0 Å². The maximum absolute atomic E-state index is 12.4. The van der Waals surface area contributed by atoms with Crippen molar-refractivity contribution in [2.75, 3.05) is 5.73 Å². The van der Waals surface area contributed by atoms with Crippen LogP contribution in [-0.4, -0.2) is 26.1 Å². The summed E-state index contributed by atoms with van der Waals surface area (Å²) in [6.07, 6.45) is 1.20. The molecule has 0 radical (unpaired) electrons. The Bertz CT molecular complexity index is 1070. The number of aromatic nitrogens is 2. The number of halogens is 1. The van der Waals surface area contributed by atoms with E-state index in [4.69, 9.17) is 5.73 Å². The zero-order valence-corrected chi connectivity index (χ0v) is 17.0. The van der Waals surface area contributed by atoms with E-state index in [0.29, 0.717) is 28.4 Å². The summed E-state index contributed by atoms with van der Waals surface area (Å²) in [5, 5.41) is 15.5. The van der Waals surface area contributed by atoms with Gasteiger partial charge >= 0.3 is 5.82 Å². The third-order valence-electron chi connectivity index (χ3n) is 4.17. The van der Waals surface area contributed by atoms with Crippen LogP contribution in [0.3, 0.4) is 0 Å². The number of hydrazone groups is 1. The Morgan fingerprint density at radius 2 is 1.83 bits per heavy atom. The number of anilines is 1. The Labute approximate surface area is 174 Å². The Morgan fingerprint density at radius 3 is 2.45 bits per heavy atom. The van der Waals surface area contributed by atoms with Crippen molar-refractivity contribution in [3.05, 3.63) is 86.3 Å². The maximum atomic E-state index is 12.4. The molecular formula is C19H17BrN6O3. The fourth-order valence-electron chi connectivity index (χ4n) is 2.60. The minimum atomic E-state index is -0.508. The second-order valence-corrected chi connectivity index (χ2v) is 7.05. The summed E-state index contributed by atoms with van der Waals surface area (Å²) < 4.78 is 2.30. The second-order valence-electron chi connectivity index (χ2n) is 6.14. The van der Waals surface area contributed by atoms with Gasteiger partial charge in [-0.3, -0.25) is 4.79 Å². The standard InChI is InChI=1S/C19H17BrN6O3/c1-12-22-10-18(26(28)29)25(12)11-17(13-2-6-15(20)7-3-13)23-24-19(27)14-4-8-16(21)9-5-14/h2-10H,11,21H2,1H3,(H,24,27)/b23-17-. The van der Waals surface area contributed by atoms with Gasteiger partial charge in [-0.05, 0) is 41.3 Å². The van der Waals surface area contributed by atoms with Crippen molar-refractivity contribution >= 4 is 39.1 Å². The lowest BCUT2D eigenvalue weighted by molar-refractivity contribution is -0.392. The van der Waals surface area contributed by atoms with Crippen LogP contribution in [0.5, 0.6) is 0 Å². The van der Waals surface area contributed by atoms with Crippen molar-refractivity contribution in [2.24, 2.45) is 5.10 Å². The Balaban J connectivity index is 1.93. The van der Waals surface area contributed by atoms with E-state index in [0.717, 1.165) is 4.47 Å². The summed E-state index contributed by atoms with van der Waals surface area (Å²) in [6, 6.07) is 13.7. The zero-order valence-electron chi connectivity index (χ0n) is 15.4. The van der Waals surface area contributed by atoms with Crippen molar-refractivity contribution in [2.45, 2.75) is 13.5 Å². The number of aryl methyl sites for hydroxylation is 1. The number of benzene rings is 2. The summed E-state index contributed by atoms with van der Waals surface area (Å²) in [5.41, 5.74) is 10.2. The number of carbonyl (C=O) groups is 1. The molecule has 0 saturated heterocycles. The van der Waals surface area contributed by atoms with Crippen LogP contribution in [0.2, 0.25) is 0 Å². The molecule has 0 saturated carbocycles. The number of hydrogen-bond acceptors (Lipinski definition) is 6. The Morgan fingerprint density at radius 1 is 1.21 bits per heavy atom. The average molecular weight is 457 g/mol. The summed E-state index contributed by atoms with van der Waals surface area (Å²) in [7, 11) is 0. The molecule has 0 aliphatic carbocycles. The molecule has 10 heteroatoms. The lowest BCUT2D eigenvalue weighted by Gasteiger charge is -2.09. The topological polar surface area (TPSA) is 128 Å². The molecule has 3 rings (SSSR count). The van der Waals surface area contributed by atoms with E-state index in [9.17, 15) is 14.9 Å². The molecule has 29 heavy (non-hydrogen) atoms. The van der Waals surface area contributed by atoms with Crippen LogP contribution in [0, 0.1) is 17.0 Å². The predicted octanol–water partition coefficient (Wildman–Crippen LogP) is 3.28. The first-order valence-corrected chi connectivity index (χ1v) is 9.29. The second kappa shape index (κ2) is 8.65. The number of nitrogens with zero attached hydrogens (tertiary/aromatic N) is 4. The van der Waals surface area contributed by atoms with Crippen LogP contribution in [0.15, 0.2) is 64.3 Å². The SMILES string of the molecule is Cc1ncc([N+](=O)[O-])n1C/C(=N/NC(=O)c1ccc(N)cc1)c1ccc(Br)cc1. The number of nitro groups is 1. The molecule has 0 spiro atoms. The Hall–Kier alpha value is -3.53. The van der Waals surface area contributed by atoms with Crippen LogP contribution in [0.1, 0.15) is 21.7 Å². The Kier molecular flexibility index (Phi) is 6.03. The molecule has 3 N–H and O–H groups in total. The number of imidazole rings is 1. The number of nitrogens with one attached hydrogen (secondary N) is 1. The van der Waals surface area contributed by atoms with E-state index in [1.165, 1.54) is 10.8 Å². The van der Waals surface area contributed by atoms with E-state index in [1.807, 2.05) is 12.1 Å². The van der Waals surface area contributed by atoms with Gasteiger partial charge < -0.3 is 15.8 Å². The monoisotopic (exact) mass is 456 g/mol. The summed E-state index contributed by atoms with van der Waals surface area (Å²) in [6.45, 7) is 1.73. The summed E-state index contributed by atoms with van der Waals surface area (Å²) >= 11 is 3.37. The van der Waals surface area contributed by atoms with Gasteiger partial charge in [0.15, 0.2) is 5.82 Å². The quantitative estimate of drug-likeness (QED) is 0.254. The first-order chi connectivity index (χ1) is 13.8. The lowest BCUT2D eigenvalue weighted by Crippen LogP contribution is -2.23. The number of amides is 1. The normalized spacial score (nSPS) is 11.3. The van der Waals surface area contributed by atoms with Gasteiger partial charge in [-0.25, -0.2) is 15.0 Å². The summed E-state index contributed by atoms with van der Waals surface area (Å²) in [4.78, 5) is 27.2. The fraction of sp³-hybridized carbons (Fsp3) is 0.105. The van der Waals surface area contributed by atoms with Gasteiger partial charge in [-0.1, -0.05) is 28.1 Å². The largest absolute Gasteiger partial charge is 0.399 e. The van der Waals surface area contributed by atoms with Crippen molar-refractivity contribution in [3.8, 4) is 0 Å². The number of rotatable bonds is 6. The van der Waals surface area contributed by atoms with Crippen molar-refractivity contribution in [3.63, 3.8) is 0 Å². The molecule has 0 unspecified atom stereocenters. The molecule has 1 aromatic heterocycles. The van der Waals surface area contributed by atoms with Crippen LogP contribution >= 0.6 is 15.9 Å². The highest BCUT2D eigenvalue weighted by atomic mass is 79.9. The molecule has 0 fully saturated rings. The van der Waals surface area contributed by atoms with Crippen molar-refractivity contribution in [1.82, 2.24) is 15.0 Å². The van der Waals surface area contributed by atoms with Crippen LogP contribution in [0.4, 0.5) is 11.5 Å². The van der Waals surface area contributed by atoms with E-state index < -0.39 is 10.8 Å². The van der Waals surface area contributed by atoms with Crippen LogP contribution < -0.4 is 11.2 Å². The van der Waals surface area contributed by atoms with Gasteiger partial charge in [-0.2, -0.15) is 5.10 Å².